The molecule has 0 atom stereocenters. The lowest BCUT2D eigenvalue weighted by Crippen LogP contribution is -2.34. The second-order valence-electron chi connectivity index (χ2n) is 7.66. The molecular formula is C21H26N6O. The highest BCUT2D eigenvalue weighted by atomic mass is 16.1. The Balaban J connectivity index is 1.46. The molecule has 7 nitrogen and oxygen atoms in total. The van der Waals surface area contributed by atoms with Gasteiger partial charge < -0.3 is 4.90 Å². The molecule has 0 N–H and O–H groups in total. The van der Waals surface area contributed by atoms with Crippen LogP contribution in [0.5, 0.6) is 0 Å². The van der Waals surface area contributed by atoms with E-state index >= 15 is 0 Å². The maximum absolute atomic E-state index is 12.6. The number of fused-ring (bicyclic) bond motifs is 1. The van der Waals surface area contributed by atoms with Crippen LogP contribution in [0.2, 0.25) is 0 Å². The predicted octanol–water partition coefficient (Wildman–Crippen LogP) is 1.78. The molecule has 3 heterocycles. The number of likely N-dealkylation sites (N-methyl/N-ethyl adjacent to an activating group) is 1. The summed E-state index contributed by atoms with van der Waals surface area (Å²) in [6, 6.07) is 8.05. The molecule has 7 heteroatoms. The second-order valence-corrected chi connectivity index (χ2v) is 7.66. The lowest BCUT2D eigenvalue weighted by atomic mass is 10.1. The second kappa shape index (κ2) is 8.16. The highest BCUT2D eigenvalue weighted by Crippen LogP contribution is 2.23. The Labute approximate surface area is 165 Å². The van der Waals surface area contributed by atoms with E-state index in [9.17, 15) is 4.79 Å². The van der Waals surface area contributed by atoms with E-state index < -0.39 is 0 Å². The molecule has 3 aromatic rings. The number of hydrogen-bond donors (Lipinski definition) is 0. The molecular weight excluding hydrogens is 352 g/mol. The molecule has 146 valence electrons. The molecule has 1 aliphatic rings. The van der Waals surface area contributed by atoms with Crippen LogP contribution in [-0.2, 0) is 18.3 Å². The Bertz CT molecular complexity index is 982. The van der Waals surface area contributed by atoms with E-state index in [1.165, 1.54) is 0 Å². The van der Waals surface area contributed by atoms with E-state index in [2.05, 4.69) is 38.2 Å². The van der Waals surface area contributed by atoms with Crippen LogP contribution in [0.3, 0.4) is 0 Å². The first kappa shape index (κ1) is 18.7. The first-order chi connectivity index (χ1) is 13.6. The Morgan fingerprint density at radius 3 is 2.75 bits per heavy atom. The fourth-order valence-electron chi connectivity index (χ4n) is 3.69. The SMILES string of the molecule is CN1CCCN(CC(=O)Cc2cc3cc(-c4cnn(C)c4)ccc3nn2)CC1. The van der Waals surface area contributed by atoms with Crippen LogP contribution in [-0.4, -0.2) is 75.3 Å². The van der Waals surface area contributed by atoms with Gasteiger partial charge in [-0.25, -0.2) is 0 Å². The molecule has 0 radical (unpaired) electrons. The van der Waals surface area contributed by atoms with E-state index in [1.54, 1.807) is 4.68 Å². The van der Waals surface area contributed by atoms with Crippen LogP contribution in [0, 0.1) is 0 Å². The van der Waals surface area contributed by atoms with E-state index in [0.29, 0.717) is 13.0 Å². The smallest absolute Gasteiger partial charge is 0.152 e. The van der Waals surface area contributed by atoms with Crippen molar-refractivity contribution >= 4 is 16.7 Å². The number of Topliss-reactive ketones (excluding diaryl/α,β-unsaturated/α-hetero) is 1. The summed E-state index contributed by atoms with van der Waals surface area (Å²) in [6.07, 6.45) is 5.26. The van der Waals surface area contributed by atoms with Crippen molar-refractivity contribution in [2.75, 3.05) is 39.8 Å². The third-order valence-electron chi connectivity index (χ3n) is 5.26. The van der Waals surface area contributed by atoms with Gasteiger partial charge in [-0.3, -0.25) is 14.4 Å². The zero-order valence-electron chi connectivity index (χ0n) is 16.5. The molecule has 1 aliphatic heterocycles. The summed E-state index contributed by atoms with van der Waals surface area (Å²) in [6.45, 7) is 4.53. The van der Waals surface area contributed by atoms with E-state index in [-0.39, 0.29) is 5.78 Å². The Morgan fingerprint density at radius 2 is 1.93 bits per heavy atom. The topological polar surface area (TPSA) is 67.2 Å². The Kier molecular flexibility index (Phi) is 5.45. The number of aryl methyl sites for hydroxylation is 1. The third-order valence-corrected chi connectivity index (χ3v) is 5.26. The molecule has 1 saturated heterocycles. The molecule has 0 unspecified atom stereocenters. The van der Waals surface area contributed by atoms with Gasteiger partial charge in [-0.1, -0.05) is 6.07 Å². The first-order valence-corrected chi connectivity index (χ1v) is 9.75. The van der Waals surface area contributed by atoms with Crippen molar-refractivity contribution in [2.45, 2.75) is 12.8 Å². The molecule has 1 fully saturated rings. The molecule has 0 aliphatic carbocycles. The van der Waals surface area contributed by atoms with Gasteiger partial charge in [0, 0.05) is 37.3 Å². The van der Waals surface area contributed by atoms with Crippen molar-refractivity contribution in [3.63, 3.8) is 0 Å². The van der Waals surface area contributed by atoms with Gasteiger partial charge in [0.1, 0.15) is 0 Å². The highest BCUT2D eigenvalue weighted by Gasteiger charge is 2.16. The molecule has 0 bridgehead atoms. The van der Waals surface area contributed by atoms with Gasteiger partial charge in [-0.05, 0) is 50.3 Å². The number of benzene rings is 1. The van der Waals surface area contributed by atoms with Crippen molar-refractivity contribution in [2.24, 2.45) is 7.05 Å². The van der Waals surface area contributed by atoms with E-state index in [4.69, 9.17) is 0 Å². The zero-order valence-corrected chi connectivity index (χ0v) is 16.5. The number of carbonyl (C=O) groups is 1. The summed E-state index contributed by atoms with van der Waals surface area (Å²) in [5.41, 5.74) is 3.71. The van der Waals surface area contributed by atoms with Gasteiger partial charge in [0.2, 0.25) is 0 Å². The largest absolute Gasteiger partial charge is 0.305 e. The minimum atomic E-state index is 0.196. The van der Waals surface area contributed by atoms with E-state index in [1.807, 2.05) is 37.6 Å². The summed E-state index contributed by atoms with van der Waals surface area (Å²) in [5, 5.41) is 13.8. The number of ketones is 1. The maximum atomic E-state index is 12.6. The lowest BCUT2D eigenvalue weighted by molar-refractivity contribution is -0.119. The van der Waals surface area contributed by atoms with Gasteiger partial charge in [-0.2, -0.15) is 15.3 Å². The van der Waals surface area contributed by atoms with Crippen molar-refractivity contribution in [3.05, 3.63) is 42.4 Å². The van der Waals surface area contributed by atoms with Crippen LogP contribution in [0.1, 0.15) is 12.1 Å². The quantitative estimate of drug-likeness (QED) is 0.674. The molecule has 0 spiro atoms. The van der Waals surface area contributed by atoms with Crippen LogP contribution in [0.15, 0.2) is 36.7 Å². The first-order valence-electron chi connectivity index (χ1n) is 9.75. The molecule has 0 amide bonds. The molecule has 28 heavy (non-hydrogen) atoms. The highest BCUT2D eigenvalue weighted by molar-refractivity contribution is 5.86. The van der Waals surface area contributed by atoms with Crippen LogP contribution in [0.25, 0.3) is 22.0 Å². The van der Waals surface area contributed by atoms with Crippen LogP contribution < -0.4 is 0 Å². The van der Waals surface area contributed by atoms with Gasteiger partial charge in [-0.15, -0.1) is 0 Å². The monoisotopic (exact) mass is 378 g/mol. The van der Waals surface area contributed by atoms with Crippen LogP contribution >= 0.6 is 0 Å². The number of rotatable bonds is 5. The number of nitrogens with zero attached hydrogens (tertiary/aromatic N) is 6. The molecule has 4 rings (SSSR count). The Morgan fingerprint density at radius 1 is 1.04 bits per heavy atom. The normalized spacial score (nSPS) is 16.4. The number of aromatic nitrogens is 4. The van der Waals surface area contributed by atoms with Crippen molar-refractivity contribution in [1.82, 2.24) is 29.8 Å². The molecule has 2 aromatic heterocycles. The zero-order chi connectivity index (χ0) is 19.5. The fourth-order valence-corrected chi connectivity index (χ4v) is 3.69. The third kappa shape index (κ3) is 4.43. The lowest BCUT2D eigenvalue weighted by Gasteiger charge is -2.18. The van der Waals surface area contributed by atoms with Gasteiger partial charge >= 0.3 is 0 Å². The minimum absolute atomic E-state index is 0.196. The van der Waals surface area contributed by atoms with Gasteiger partial charge in [0.05, 0.1) is 30.4 Å². The van der Waals surface area contributed by atoms with Crippen molar-refractivity contribution in [1.29, 1.82) is 0 Å². The minimum Gasteiger partial charge on any atom is -0.305 e. The predicted molar refractivity (Wildman–Crippen MR) is 109 cm³/mol. The summed E-state index contributed by atoms with van der Waals surface area (Å²) < 4.78 is 1.79. The summed E-state index contributed by atoms with van der Waals surface area (Å²) >= 11 is 0. The Hall–Kier alpha value is -2.64. The van der Waals surface area contributed by atoms with Crippen molar-refractivity contribution < 1.29 is 4.79 Å². The average Bonchev–Trinajstić information content (AvgIpc) is 3.01. The maximum Gasteiger partial charge on any atom is 0.152 e. The van der Waals surface area contributed by atoms with Gasteiger partial charge in [0.25, 0.3) is 0 Å². The van der Waals surface area contributed by atoms with Gasteiger partial charge in [0.15, 0.2) is 5.78 Å². The molecule has 0 saturated carbocycles. The summed E-state index contributed by atoms with van der Waals surface area (Å²) in [5.74, 6) is 0.196. The number of hydrogen-bond acceptors (Lipinski definition) is 6. The summed E-state index contributed by atoms with van der Waals surface area (Å²) in [4.78, 5) is 17.1. The summed E-state index contributed by atoms with van der Waals surface area (Å²) in [7, 11) is 4.04. The molecule has 1 aromatic carbocycles. The number of carbonyl (C=O) groups excluding carboxylic acids is 1. The standard InChI is InChI=1S/C21H26N6O/c1-25-6-3-7-27(9-8-25)15-20(28)12-19-11-17-10-16(4-5-21(17)24-23-19)18-13-22-26(2)14-18/h4-5,10-11,13-14H,3,6-9,12,15H2,1-2H3. The van der Waals surface area contributed by atoms with E-state index in [0.717, 1.165) is 60.3 Å². The van der Waals surface area contributed by atoms with Crippen LogP contribution in [0.4, 0.5) is 0 Å². The fraction of sp³-hybridized carbons (Fsp3) is 0.429. The van der Waals surface area contributed by atoms with Crippen molar-refractivity contribution in [3.8, 4) is 11.1 Å². The average molecular weight is 378 g/mol.